The number of carbonyl (C=O) groups is 1. The number of aromatic amines is 1. The van der Waals surface area contributed by atoms with Crippen LogP contribution in [0.5, 0.6) is 0 Å². The van der Waals surface area contributed by atoms with E-state index in [0.717, 1.165) is 46.6 Å². The molecule has 1 fully saturated rings. The molecule has 0 saturated heterocycles. The molecule has 146 valence electrons. The molecule has 1 aliphatic carbocycles. The minimum Gasteiger partial charge on any atom is -0.354 e. The minimum atomic E-state index is -0.892. The van der Waals surface area contributed by atoms with Gasteiger partial charge in [0.25, 0.3) is 0 Å². The van der Waals surface area contributed by atoms with Crippen molar-refractivity contribution < 1.29 is 13.6 Å². The number of aromatic nitrogens is 1. The number of fused-ring (bicyclic) bond motifs is 3. The average molecular weight is 391 g/mol. The first kappa shape index (κ1) is 17.8. The Morgan fingerprint density at radius 1 is 1.00 bits per heavy atom. The molecule has 6 heteroatoms. The molecule has 0 aliphatic heterocycles. The summed E-state index contributed by atoms with van der Waals surface area (Å²) in [6.45, 7) is 0. The van der Waals surface area contributed by atoms with Crippen molar-refractivity contribution in [1.29, 1.82) is 0 Å². The van der Waals surface area contributed by atoms with Crippen LogP contribution in [0.4, 0.5) is 14.5 Å². The molecule has 1 saturated carbocycles. The number of anilines is 1. The smallest absolute Gasteiger partial charge is 0.228 e. The van der Waals surface area contributed by atoms with Crippen LogP contribution in [-0.4, -0.2) is 10.9 Å². The maximum absolute atomic E-state index is 13.6. The van der Waals surface area contributed by atoms with E-state index in [1.807, 2.05) is 42.5 Å². The molecular formula is C23H19F2N3O. The highest BCUT2D eigenvalue weighted by atomic mass is 19.2. The molecule has 0 unspecified atom stereocenters. The van der Waals surface area contributed by atoms with E-state index < -0.39 is 11.6 Å². The predicted molar refractivity (Wildman–Crippen MR) is 110 cm³/mol. The van der Waals surface area contributed by atoms with Crippen molar-refractivity contribution in [2.75, 3.05) is 5.32 Å². The van der Waals surface area contributed by atoms with Crippen molar-refractivity contribution in [3.05, 3.63) is 77.4 Å². The Balaban J connectivity index is 1.37. The lowest BCUT2D eigenvalue weighted by molar-refractivity contribution is -0.115. The van der Waals surface area contributed by atoms with Crippen molar-refractivity contribution in [3.8, 4) is 0 Å². The van der Waals surface area contributed by atoms with Crippen LogP contribution in [0.3, 0.4) is 0 Å². The van der Waals surface area contributed by atoms with Gasteiger partial charge in [0.05, 0.1) is 6.42 Å². The highest BCUT2D eigenvalue weighted by Gasteiger charge is 2.39. The quantitative estimate of drug-likeness (QED) is 0.471. The number of nitrogens with one attached hydrogen (secondary N) is 2. The molecule has 0 atom stereocenters. The number of halogens is 2. The zero-order valence-electron chi connectivity index (χ0n) is 15.6. The third-order valence-electron chi connectivity index (χ3n) is 5.58. The summed E-state index contributed by atoms with van der Waals surface area (Å²) in [7, 11) is 0. The van der Waals surface area contributed by atoms with Gasteiger partial charge in [0.1, 0.15) is 0 Å². The van der Waals surface area contributed by atoms with Crippen LogP contribution in [0, 0.1) is 11.6 Å². The second kappa shape index (κ2) is 6.39. The SMILES string of the molecule is NC1(c2cccc(NC(=O)Cc3ccc4c(c3)[nH]c3cc(F)c(F)cc34)c2)CC1. The zero-order chi connectivity index (χ0) is 20.2. The van der Waals surface area contributed by atoms with Gasteiger partial charge in [-0.1, -0.05) is 24.3 Å². The summed E-state index contributed by atoms with van der Waals surface area (Å²) in [5, 5.41) is 4.32. The van der Waals surface area contributed by atoms with E-state index in [-0.39, 0.29) is 17.9 Å². The summed E-state index contributed by atoms with van der Waals surface area (Å²) in [4.78, 5) is 15.6. The molecule has 1 amide bonds. The van der Waals surface area contributed by atoms with Gasteiger partial charge in [-0.15, -0.1) is 0 Å². The third kappa shape index (κ3) is 3.25. The van der Waals surface area contributed by atoms with Crippen molar-refractivity contribution in [2.24, 2.45) is 5.73 Å². The summed E-state index contributed by atoms with van der Waals surface area (Å²) in [5.74, 6) is -1.91. The zero-order valence-corrected chi connectivity index (χ0v) is 15.6. The fourth-order valence-corrected chi connectivity index (χ4v) is 3.78. The average Bonchev–Trinajstić information content (AvgIpc) is 3.35. The number of nitrogens with two attached hydrogens (primary N) is 1. The van der Waals surface area contributed by atoms with Crippen molar-refractivity contribution in [1.82, 2.24) is 4.98 Å². The van der Waals surface area contributed by atoms with Gasteiger partial charge in [-0.3, -0.25) is 4.79 Å². The summed E-state index contributed by atoms with van der Waals surface area (Å²) < 4.78 is 27.1. The van der Waals surface area contributed by atoms with Crippen LogP contribution in [0.2, 0.25) is 0 Å². The van der Waals surface area contributed by atoms with Gasteiger partial charge in [-0.2, -0.15) is 0 Å². The minimum absolute atomic E-state index is 0.142. The topological polar surface area (TPSA) is 70.9 Å². The fraction of sp³-hybridized carbons (Fsp3) is 0.174. The highest BCUT2D eigenvalue weighted by molar-refractivity contribution is 6.07. The second-order valence-electron chi connectivity index (χ2n) is 7.78. The molecule has 29 heavy (non-hydrogen) atoms. The predicted octanol–water partition coefficient (Wildman–Crippen LogP) is 4.73. The van der Waals surface area contributed by atoms with Crippen molar-refractivity contribution in [3.63, 3.8) is 0 Å². The maximum Gasteiger partial charge on any atom is 0.228 e. The Morgan fingerprint density at radius 2 is 1.76 bits per heavy atom. The van der Waals surface area contributed by atoms with Crippen LogP contribution in [0.25, 0.3) is 21.8 Å². The van der Waals surface area contributed by atoms with Gasteiger partial charge >= 0.3 is 0 Å². The lowest BCUT2D eigenvalue weighted by Gasteiger charge is -2.12. The van der Waals surface area contributed by atoms with Gasteiger partial charge in [-0.25, -0.2) is 8.78 Å². The highest BCUT2D eigenvalue weighted by Crippen LogP contribution is 2.43. The van der Waals surface area contributed by atoms with Crippen molar-refractivity contribution in [2.45, 2.75) is 24.8 Å². The summed E-state index contributed by atoms with van der Waals surface area (Å²) >= 11 is 0. The number of hydrogen-bond donors (Lipinski definition) is 3. The summed E-state index contributed by atoms with van der Waals surface area (Å²) in [6, 6.07) is 15.5. The van der Waals surface area contributed by atoms with E-state index in [0.29, 0.717) is 10.9 Å². The molecule has 1 aliphatic rings. The van der Waals surface area contributed by atoms with Crippen LogP contribution < -0.4 is 11.1 Å². The first-order chi connectivity index (χ1) is 13.9. The normalized spacial score (nSPS) is 15.0. The Kier molecular flexibility index (Phi) is 3.93. The van der Waals surface area contributed by atoms with Gasteiger partial charge in [-0.05, 0) is 48.2 Å². The molecule has 4 N–H and O–H groups in total. The molecule has 3 aromatic carbocycles. The van der Waals surface area contributed by atoms with Gasteiger partial charge in [0, 0.05) is 39.1 Å². The first-order valence-electron chi connectivity index (χ1n) is 9.50. The number of H-pyrrole nitrogens is 1. The fourth-order valence-electron chi connectivity index (χ4n) is 3.78. The van der Waals surface area contributed by atoms with E-state index in [1.54, 1.807) is 0 Å². The van der Waals surface area contributed by atoms with Crippen LogP contribution in [0.15, 0.2) is 54.6 Å². The van der Waals surface area contributed by atoms with Gasteiger partial charge in [0.15, 0.2) is 11.6 Å². The molecule has 4 nitrogen and oxygen atoms in total. The van der Waals surface area contributed by atoms with Gasteiger partial charge in [0.2, 0.25) is 5.91 Å². The van der Waals surface area contributed by atoms with E-state index in [2.05, 4.69) is 10.3 Å². The summed E-state index contributed by atoms with van der Waals surface area (Å²) in [6.07, 6.45) is 2.11. The molecule has 0 radical (unpaired) electrons. The second-order valence-corrected chi connectivity index (χ2v) is 7.78. The Hall–Kier alpha value is -3.25. The third-order valence-corrected chi connectivity index (χ3v) is 5.58. The lowest BCUT2D eigenvalue weighted by Crippen LogP contribution is -2.19. The molecule has 1 aromatic heterocycles. The van der Waals surface area contributed by atoms with E-state index in [9.17, 15) is 13.6 Å². The largest absolute Gasteiger partial charge is 0.354 e. The maximum atomic E-state index is 13.6. The number of hydrogen-bond acceptors (Lipinski definition) is 2. The number of rotatable bonds is 4. The number of carbonyl (C=O) groups excluding carboxylic acids is 1. The van der Waals surface area contributed by atoms with Crippen LogP contribution in [0.1, 0.15) is 24.0 Å². The van der Waals surface area contributed by atoms with Gasteiger partial charge < -0.3 is 16.0 Å². The van der Waals surface area contributed by atoms with E-state index in [1.165, 1.54) is 6.07 Å². The van der Waals surface area contributed by atoms with E-state index in [4.69, 9.17) is 5.73 Å². The number of amides is 1. The standard InChI is InChI=1S/C23H19F2N3O/c24-18-11-17-16-5-4-13(8-20(16)28-21(17)12-19(18)25)9-22(29)27-15-3-1-2-14(10-15)23(26)6-7-23/h1-5,8,10-12,28H,6-7,9,26H2,(H,27,29). The first-order valence-corrected chi connectivity index (χ1v) is 9.50. The Morgan fingerprint density at radius 3 is 2.55 bits per heavy atom. The van der Waals surface area contributed by atoms with Crippen LogP contribution >= 0.6 is 0 Å². The molecule has 1 heterocycles. The lowest BCUT2D eigenvalue weighted by atomic mass is 10.0. The van der Waals surface area contributed by atoms with Crippen LogP contribution in [-0.2, 0) is 16.8 Å². The molecular weight excluding hydrogens is 372 g/mol. The van der Waals surface area contributed by atoms with E-state index >= 15 is 0 Å². The number of benzene rings is 3. The Labute approximate surface area is 165 Å². The summed E-state index contributed by atoms with van der Waals surface area (Å²) in [5.41, 5.74) is 9.80. The molecule has 4 aromatic rings. The Bertz CT molecular complexity index is 1270. The monoisotopic (exact) mass is 391 g/mol. The molecule has 0 bridgehead atoms. The molecule has 5 rings (SSSR count). The molecule has 0 spiro atoms. The van der Waals surface area contributed by atoms with Crippen molar-refractivity contribution >= 4 is 33.4 Å².